The zero-order chi connectivity index (χ0) is 12.8. The molecule has 0 unspecified atom stereocenters. The van der Waals surface area contributed by atoms with E-state index in [4.69, 9.17) is 12.2 Å². The van der Waals surface area contributed by atoms with Crippen molar-refractivity contribution >= 4 is 39.2 Å². The maximum Gasteiger partial charge on any atom is 0.0724 e. The second-order valence-electron chi connectivity index (χ2n) is 3.60. The standard InChI is InChI=1S/C14H11BrN2S/c15-13-3-1-2-12(10-13)14(17-8-9-18)11-4-6-16-7-5-11/h1-7,9-10H,8H2. The summed E-state index contributed by atoms with van der Waals surface area (Å²) < 4.78 is 1.03. The van der Waals surface area contributed by atoms with Crippen molar-refractivity contribution in [3.8, 4) is 0 Å². The summed E-state index contributed by atoms with van der Waals surface area (Å²) in [5.41, 5.74) is 3.03. The van der Waals surface area contributed by atoms with Gasteiger partial charge in [0.15, 0.2) is 0 Å². The summed E-state index contributed by atoms with van der Waals surface area (Å²) >= 11 is 8.32. The highest BCUT2D eigenvalue weighted by atomic mass is 79.9. The molecular formula is C14H11BrN2S. The Labute approximate surface area is 120 Å². The first kappa shape index (κ1) is 13.1. The van der Waals surface area contributed by atoms with E-state index in [1.807, 2.05) is 36.4 Å². The third-order valence-electron chi connectivity index (χ3n) is 2.38. The minimum absolute atomic E-state index is 0.527. The highest BCUT2D eigenvalue weighted by molar-refractivity contribution is 9.10. The molecule has 0 aliphatic rings. The fourth-order valence-electron chi connectivity index (χ4n) is 1.62. The number of rotatable bonds is 4. The molecule has 18 heavy (non-hydrogen) atoms. The molecular weight excluding hydrogens is 308 g/mol. The van der Waals surface area contributed by atoms with Crippen LogP contribution in [0.4, 0.5) is 0 Å². The van der Waals surface area contributed by atoms with Gasteiger partial charge in [0.05, 0.1) is 12.3 Å². The molecule has 2 rings (SSSR count). The van der Waals surface area contributed by atoms with Crippen LogP contribution < -0.4 is 0 Å². The molecule has 0 saturated carbocycles. The molecule has 0 saturated heterocycles. The Bertz CT molecular complexity index is 567. The zero-order valence-electron chi connectivity index (χ0n) is 9.58. The van der Waals surface area contributed by atoms with Gasteiger partial charge >= 0.3 is 0 Å². The summed E-state index contributed by atoms with van der Waals surface area (Å²) in [6, 6.07) is 12.0. The van der Waals surface area contributed by atoms with Gasteiger partial charge < -0.3 is 0 Å². The number of hydrogen-bond acceptors (Lipinski definition) is 3. The molecule has 1 aromatic heterocycles. The number of aromatic nitrogens is 1. The van der Waals surface area contributed by atoms with Crippen LogP contribution in [0, 0.1) is 0 Å². The smallest absolute Gasteiger partial charge is 0.0724 e. The molecule has 0 bridgehead atoms. The minimum atomic E-state index is 0.527. The van der Waals surface area contributed by atoms with Gasteiger partial charge in [-0.15, -0.1) is 0 Å². The van der Waals surface area contributed by atoms with Gasteiger partial charge in [0, 0.05) is 33.4 Å². The van der Waals surface area contributed by atoms with E-state index in [0.29, 0.717) is 6.54 Å². The number of aliphatic imine (C=N–C) groups is 1. The van der Waals surface area contributed by atoms with Crippen molar-refractivity contribution in [1.29, 1.82) is 0 Å². The summed E-state index contributed by atoms with van der Waals surface area (Å²) in [5.74, 6) is 0. The van der Waals surface area contributed by atoms with E-state index in [0.717, 1.165) is 21.3 Å². The van der Waals surface area contributed by atoms with Crippen molar-refractivity contribution in [2.75, 3.05) is 6.54 Å². The van der Waals surface area contributed by atoms with Crippen LogP contribution in [0.3, 0.4) is 0 Å². The Hall–Kier alpha value is -1.39. The third-order valence-corrected chi connectivity index (χ3v) is 3.02. The molecule has 0 amide bonds. The lowest BCUT2D eigenvalue weighted by atomic mass is 10.0. The van der Waals surface area contributed by atoms with Gasteiger partial charge in [-0.3, -0.25) is 9.98 Å². The van der Waals surface area contributed by atoms with Crippen LogP contribution >= 0.6 is 28.1 Å². The average Bonchev–Trinajstić information content (AvgIpc) is 2.40. The number of nitrogens with zero attached hydrogens (tertiary/aromatic N) is 2. The third kappa shape index (κ3) is 3.31. The first-order valence-corrected chi connectivity index (χ1v) is 6.72. The van der Waals surface area contributed by atoms with Crippen LogP contribution in [0.15, 0.2) is 58.3 Å². The van der Waals surface area contributed by atoms with Gasteiger partial charge in [-0.05, 0) is 24.3 Å². The van der Waals surface area contributed by atoms with Crippen molar-refractivity contribution in [3.05, 3.63) is 64.4 Å². The summed E-state index contributed by atoms with van der Waals surface area (Å²) in [5, 5.41) is 1.62. The monoisotopic (exact) mass is 318 g/mol. The fraction of sp³-hybridized carbons (Fsp3) is 0.0714. The molecule has 0 atom stereocenters. The maximum atomic E-state index is 4.84. The Balaban J connectivity index is 2.47. The first-order valence-electron chi connectivity index (χ1n) is 5.45. The van der Waals surface area contributed by atoms with Crippen LogP contribution in [0.5, 0.6) is 0 Å². The first-order chi connectivity index (χ1) is 8.81. The van der Waals surface area contributed by atoms with Gasteiger partial charge in [0.25, 0.3) is 0 Å². The van der Waals surface area contributed by atoms with Crippen molar-refractivity contribution < 1.29 is 0 Å². The van der Waals surface area contributed by atoms with Crippen LogP contribution in [-0.2, 0) is 0 Å². The topological polar surface area (TPSA) is 25.2 Å². The summed E-state index contributed by atoms with van der Waals surface area (Å²) in [7, 11) is 0. The minimum Gasteiger partial charge on any atom is -0.279 e. The number of hydrogen-bond donors (Lipinski definition) is 0. The maximum absolute atomic E-state index is 4.84. The molecule has 90 valence electrons. The van der Waals surface area contributed by atoms with Gasteiger partial charge in [0.1, 0.15) is 0 Å². The predicted molar refractivity (Wildman–Crippen MR) is 82.5 cm³/mol. The van der Waals surface area contributed by atoms with E-state index in [9.17, 15) is 0 Å². The average molecular weight is 319 g/mol. The molecule has 1 heterocycles. The number of benzene rings is 1. The van der Waals surface area contributed by atoms with Gasteiger partial charge in [-0.25, -0.2) is 0 Å². The number of pyridine rings is 1. The second kappa shape index (κ2) is 6.52. The number of halogens is 1. The summed E-state index contributed by atoms with van der Waals surface area (Å²) in [6.07, 6.45) is 3.53. The van der Waals surface area contributed by atoms with Crippen LogP contribution in [0.1, 0.15) is 11.1 Å². The summed E-state index contributed by atoms with van der Waals surface area (Å²) in [4.78, 5) is 8.56. The predicted octanol–water partition coefficient (Wildman–Crippen LogP) is 3.68. The molecule has 2 nitrogen and oxygen atoms in total. The highest BCUT2D eigenvalue weighted by Crippen LogP contribution is 2.16. The lowest BCUT2D eigenvalue weighted by molar-refractivity contribution is 1.29. The highest BCUT2D eigenvalue weighted by Gasteiger charge is 2.06. The van der Waals surface area contributed by atoms with Gasteiger partial charge in [0.2, 0.25) is 0 Å². The molecule has 0 aliphatic heterocycles. The molecule has 0 radical (unpaired) electrons. The molecule has 0 spiro atoms. The van der Waals surface area contributed by atoms with Crippen molar-refractivity contribution in [2.24, 2.45) is 4.99 Å². The van der Waals surface area contributed by atoms with Crippen molar-refractivity contribution in [2.45, 2.75) is 0 Å². The lowest BCUT2D eigenvalue weighted by Gasteiger charge is -2.07. The molecule has 0 N–H and O–H groups in total. The Kier molecular flexibility index (Phi) is 4.73. The van der Waals surface area contributed by atoms with E-state index < -0.39 is 0 Å². The largest absolute Gasteiger partial charge is 0.279 e. The summed E-state index contributed by atoms with van der Waals surface area (Å²) in [6.45, 7) is 0.527. The van der Waals surface area contributed by atoms with Crippen LogP contribution in [-0.4, -0.2) is 22.6 Å². The van der Waals surface area contributed by atoms with E-state index in [1.54, 1.807) is 17.8 Å². The van der Waals surface area contributed by atoms with E-state index in [-0.39, 0.29) is 0 Å². The van der Waals surface area contributed by atoms with Gasteiger partial charge in [-0.1, -0.05) is 40.3 Å². The molecule has 0 fully saturated rings. The van der Waals surface area contributed by atoms with E-state index in [1.165, 1.54) is 0 Å². The SMILES string of the molecule is S=CCN=C(c1ccncc1)c1cccc(Br)c1. The Morgan fingerprint density at radius 3 is 2.67 bits per heavy atom. The molecule has 1 aromatic carbocycles. The molecule has 2 aromatic rings. The Morgan fingerprint density at radius 2 is 2.00 bits per heavy atom. The van der Waals surface area contributed by atoms with E-state index >= 15 is 0 Å². The van der Waals surface area contributed by atoms with Crippen LogP contribution in [0.2, 0.25) is 0 Å². The van der Waals surface area contributed by atoms with Crippen LogP contribution in [0.25, 0.3) is 0 Å². The van der Waals surface area contributed by atoms with Crippen molar-refractivity contribution in [3.63, 3.8) is 0 Å². The van der Waals surface area contributed by atoms with E-state index in [2.05, 4.69) is 25.9 Å². The quantitative estimate of drug-likeness (QED) is 0.634. The number of thiocarbonyl (C=S) groups is 1. The second-order valence-corrected chi connectivity index (χ2v) is 4.85. The fourth-order valence-corrected chi connectivity index (χ4v) is 2.10. The van der Waals surface area contributed by atoms with Crippen molar-refractivity contribution in [1.82, 2.24) is 4.98 Å². The lowest BCUT2D eigenvalue weighted by Crippen LogP contribution is -2.05. The molecule has 4 heteroatoms. The normalized spacial score (nSPS) is 11.3. The Morgan fingerprint density at radius 1 is 1.22 bits per heavy atom. The molecule has 0 aliphatic carbocycles. The zero-order valence-corrected chi connectivity index (χ0v) is 12.0. The van der Waals surface area contributed by atoms with Gasteiger partial charge in [-0.2, -0.15) is 0 Å².